The minimum Gasteiger partial charge on any atom is -0.463 e. The zero-order valence-electron chi connectivity index (χ0n) is 16.8. The van der Waals surface area contributed by atoms with Crippen molar-refractivity contribution in [3.05, 3.63) is 34.3 Å². The van der Waals surface area contributed by atoms with E-state index in [4.69, 9.17) is 9.47 Å². The van der Waals surface area contributed by atoms with Crippen molar-refractivity contribution in [2.75, 3.05) is 0 Å². The van der Waals surface area contributed by atoms with Crippen molar-refractivity contribution in [3.63, 3.8) is 0 Å². The van der Waals surface area contributed by atoms with Crippen LogP contribution in [-0.2, 0) is 23.9 Å². The third kappa shape index (κ3) is 5.00. The summed E-state index contributed by atoms with van der Waals surface area (Å²) in [4.78, 5) is 38.6. The Kier molecular flexibility index (Phi) is 7.04. The summed E-state index contributed by atoms with van der Waals surface area (Å²) in [5.41, 5.74) is -1.05. The second-order valence-corrected chi connectivity index (χ2v) is 8.92. The number of rotatable bonds is 5. The van der Waals surface area contributed by atoms with Crippen molar-refractivity contribution in [3.8, 4) is 0 Å². The molecular weight excluding hydrogens is 428 g/mol. The molecule has 0 saturated heterocycles. The van der Waals surface area contributed by atoms with Crippen molar-refractivity contribution >= 4 is 33.7 Å². The molecule has 1 N–H and O–H groups in total. The van der Waals surface area contributed by atoms with Gasteiger partial charge in [-0.3, -0.25) is 14.4 Å². The lowest BCUT2D eigenvalue weighted by atomic mass is 9.61. The van der Waals surface area contributed by atoms with Crippen LogP contribution in [0.15, 0.2) is 28.7 Å². The number of carbonyl (C=O) groups excluding carboxylic acids is 3. The molecule has 1 aromatic rings. The van der Waals surface area contributed by atoms with E-state index >= 15 is 0 Å². The second-order valence-electron chi connectivity index (χ2n) is 8.00. The summed E-state index contributed by atoms with van der Waals surface area (Å²) in [5, 5.41) is 11.0. The summed E-state index contributed by atoms with van der Waals surface area (Å²) in [6.45, 7) is 8.24. The van der Waals surface area contributed by atoms with E-state index in [-0.39, 0.29) is 6.42 Å². The van der Waals surface area contributed by atoms with Crippen molar-refractivity contribution < 1.29 is 29.0 Å². The number of benzene rings is 1. The molecule has 1 aliphatic rings. The van der Waals surface area contributed by atoms with E-state index in [0.29, 0.717) is 5.56 Å². The number of halogens is 1. The average molecular weight is 455 g/mol. The average Bonchev–Trinajstić information content (AvgIpc) is 2.52. The Bertz CT molecular complexity index is 730. The van der Waals surface area contributed by atoms with Crippen LogP contribution in [-0.4, -0.2) is 40.6 Å². The molecule has 7 heteroatoms. The highest BCUT2D eigenvalue weighted by Gasteiger charge is 2.57. The van der Waals surface area contributed by atoms with Gasteiger partial charge in [0.05, 0.1) is 23.7 Å². The van der Waals surface area contributed by atoms with Crippen LogP contribution in [0.2, 0.25) is 0 Å². The minimum atomic E-state index is -1.64. The van der Waals surface area contributed by atoms with Crippen LogP contribution >= 0.6 is 15.9 Å². The van der Waals surface area contributed by atoms with E-state index < -0.39 is 53.3 Å². The Morgan fingerprint density at radius 1 is 1.07 bits per heavy atom. The maximum absolute atomic E-state index is 12.9. The van der Waals surface area contributed by atoms with Gasteiger partial charge in [-0.25, -0.2) is 0 Å². The molecule has 0 amide bonds. The third-order valence-electron chi connectivity index (χ3n) is 4.73. The monoisotopic (exact) mass is 454 g/mol. The molecule has 0 radical (unpaired) electrons. The van der Waals surface area contributed by atoms with Crippen LogP contribution < -0.4 is 0 Å². The van der Waals surface area contributed by atoms with E-state index in [9.17, 15) is 19.5 Å². The number of hydrogen-bond acceptors (Lipinski definition) is 6. The van der Waals surface area contributed by atoms with Gasteiger partial charge in [0.15, 0.2) is 5.78 Å². The lowest BCUT2D eigenvalue weighted by Gasteiger charge is -2.44. The number of esters is 2. The summed E-state index contributed by atoms with van der Waals surface area (Å²) in [5.74, 6) is -4.93. The summed E-state index contributed by atoms with van der Waals surface area (Å²) in [6, 6.07) is 6.99. The zero-order valence-corrected chi connectivity index (χ0v) is 18.4. The molecule has 1 aromatic carbocycles. The van der Waals surface area contributed by atoms with Gasteiger partial charge in [-0.05, 0) is 52.3 Å². The highest BCUT2D eigenvalue weighted by Crippen LogP contribution is 2.47. The van der Waals surface area contributed by atoms with Gasteiger partial charge in [-0.2, -0.15) is 0 Å². The summed E-state index contributed by atoms with van der Waals surface area (Å²) in [7, 11) is 0. The number of Topliss-reactive ketones (excluding diaryl/α,β-unsaturated/α-hetero) is 1. The quantitative estimate of drug-likeness (QED) is 0.541. The van der Waals surface area contributed by atoms with Crippen molar-refractivity contribution in [1.82, 2.24) is 0 Å². The summed E-state index contributed by atoms with van der Waals surface area (Å²) >= 11 is 3.36. The van der Waals surface area contributed by atoms with Crippen molar-refractivity contribution in [2.24, 2.45) is 11.8 Å². The molecule has 0 unspecified atom stereocenters. The number of aliphatic hydroxyl groups is 1. The van der Waals surface area contributed by atoms with E-state index in [1.165, 1.54) is 6.92 Å². The first-order chi connectivity index (χ1) is 12.9. The molecule has 6 nitrogen and oxygen atoms in total. The fourth-order valence-corrected chi connectivity index (χ4v) is 3.98. The second kappa shape index (κ2) is 8.74. The molecular formula is C21H27BrO6. The number of carbonyl (C=O) groups is 3. The Morgan fingerprint density at radius 2 is 1.57 bits per heavy atom. The lowest BCUT2D eigenvalue weighted by molar-refractivity contribution is -0.176. The molecule has 154 valence electrons. The summed E-state index contributed by atoms with van der Waals surface area (Å²) in [6.07, 6.45) is -1.13. The van der Waals surface area contributed by atoms with Gasteiger partial charge < -0.3 is 14.6 Å². The normalized spacial score (nSPS) is 27.8. The molecule has 4 atom stereocenters. The molecule has 1 saturated carbocycles. The number of ketones is 1. The molecule has 0 aromatic heterocycles. The largest absolute Gasteiger partial charge is 0.463 e. The van der Waals surface area contributed by atoms with Gasteiger partial charge in [0.1, 0.15) is 5.92 Å². The Hall–Kier alpha value is -1.73. The van der Waals surface area contributed by atoms with Crippen LogP contribution in [0.3, 0.4) is 0 Å². The molecule has 0 bridgehead atoms. The Morgan fingerprint density at radius 3 is 2.07 bits per heavy atom. The van der Waals surface area contributed by atoms with Gasteiger partial charge in [-0.1, -0.05) is 28.1 Å². The minimum absolute atomic E-state index is 0.324. The molecule has 1 fully saturated rings. The molecule has 28 heavy (non-hydrogen) atoms. The van der Waals surface area contributed by atoms with Gasteiger partial charge >= 0.3 is 11.9 Å². The van der Waals surface area contributed by atoms with Crippen LogP contribution in [0.5, 0.6) is 0 Å². The van der Waals surface area contributed by atoms with Crippen LogP contribution in [0, 0.1) is 11.8 Å². The SMILES string of the molecule is CC(C)OC(=O)[C@H]1C(=O)C[C@@](C)(O)[C@H](C(=O)OC(C)C)[C@@H]1c1ccc(Br)cc1. The molecule has 0 spiro atoms. The molecule has 2 rings (SSSR count). The van der Waals surface area contributed by atoms with Crippen LogP contribution in [0.1, 0.15) is 52.5 Å². The number of ether oxygens (including phenoxy) is 2. The Labute approximate surface area is 173 Å². The predicted molar refractivity (Wildman–Crippen MR) is 107 cm³/mol. The van der Waals surface area contributed by atoms with Gasteiger partial charge in [0.2, 0.25) is 0 Å². The van der Waals surface area contributed by atoms with Gasteiger partial charge in [0, 0.05) is 16.8 Å². The highest BCUT2D eigenvalue weighted by molar-refractivity contribution is 9.10. The van der Waals surface area contributed by atoms with Crippen molar-refractivity contribution in [1.29, 1.82) is 0 Å². The first-order valence-electron chi connectivity index (χ1n) is 9.35. The fraction of sp³-hybridized carbons (Fsp3) is 0.571. The van der Waals surface area contributed by atoms with E-state index in [0.717, 1.165) is 4.47 Å². The van der Waals surface area contributed by atoms with Crippen molar-refractivity contribution in [2.45, 2.75) is 64.8 Å². The fourth-order valence-electron chi connectivity index (χ4n) is 3.71. The van der Waals surface area contributed by atoms with Crippen LogP contribution in [0.25, 0.3) is 0 Å². The van der Waals surface area contributed by atoms with Crippen LogP contribution in [0.4, 0.5) is 0 Å². The molecule has 0 heterocycles. The molecule has 1 aliphatic carbocycles. The number of hydrogen-bond donors (Lipinski definition) is 1. The van der Waals surface area contributed by atoms with E-state index in [1.54, 1.807) is 52.0 Å². The first-order valence-corrected chi connectivity index (χ1v) is 10.1. The highest BCUT2D eigenvalue weighted by atomic mass is 79.9. The standard InChI is InChI=1S/C21H27BrO6/c1-11(2)27-19(24)17-15(23)10-21(5,26)18(20(25)28-12(3)4)16(17)13-6-8-14(22)9-7-13/h6-9,11-12,16-18,26H,10H2,1-5H3/t16-,17+,18+,21-/m1/s1. The smallest absolute Gasteiger partial charge is 0.317 e. The van der Waals surface area contributed by atoms with Gasteiger partial charge in [0.25, 0.3) is 0 Å². The van der Waals surface area contributed by atoms with Gasteiger partial charge in [-0.15, -0.1) is 0 Å². The lowest BCUT2D eigenvalue weighted by Crippen LogP contribution is -2.55. The first kappa shape index (κ1) is 22.6. The molecule has 0 aliphatic heterocycles. The van der Waals surface area contributed by atoms with E-state index in [2.05, 4.69) is 15.9 Å². The Balaban J connectivity index is 2.59. The third-order valence-corrected chi connectivity index (χ3v) is 5.26. The topological polar surface area (TPSA) is 89.9 Å². The maximum atomic E-state index is 12.9. The zero-order chi connectivity index (χ0) is 21.2. The van der Waals surface area contributed by atoms with E-state index in [1.807, 2.05) is 0 Å². The maximum Gasteiger partial charge on any atom is 0.317 e. The predicted octanol–water partition coefficient (Wildman–Crippen LogP) is 3.39. The summed E-state index contributed by atoms with van der Waals surface area (Å²) < 4.78 is 11.5.